The van der Waals surface area contributed by atoms with E-state index in [4.69, 9.17) is 5.73 Å². The molecule has 1 heterocycles. The van der Waals surface area contributed by atoms with Gasteiger partial charge in [0.15, 0.2) is 0 Å². The van der Waals surface area contributed by atoms with Crippen molar-refractivity contribution >= 4 is 11.8 Å². The maximum absolute atomic E-state index is 13.5. The van der Waals surface area contributed by atoms with Crippen LogP contribution < -0.4 is 5.73 Å². The Balaban J connectivity index is 2.46. The van der Waals surface area contributed by atoms with Gasteiger partial charge in [0.1, 0.15) is 11.6 Å². The van der Waals surface area contributed by atoms with E-state index < -0.39 is 11.8 Å². The van der Waals surface area contributed by atoms with Gasteiger partial charge in [-0.2, -0.15) is 0 Å². The van der Waals surface area contributed by atoms with Gasteiger partial charge in [0, 0.05) is 11.8 Å². The molecule has 1 aromatic heterocycles. The van der Waals surface area contributed by atoms with E-state index in [1.807, 2.05) is 0 Å². The smallest absolute Gasteiger partial charge is 0.340 e. The quantitative estimate of drug-likeness (QED) is 0.825. The molecule has 0 radical (unpaired) electrons. The summed E-state index contributed by atoms with van der Waals surface area (Å²) in [5.41, 5.74) is 6.79. The lowest BCUT2D eigenvalue weighted by Crippen LogP contribution is -2.04. The normalized spacial score (nSPS) is 10.1. The van der Waals surface area contributed by atoms with Crippen LogP contribution in [0.25, 0.3) is 11.1 Å². The fourth-order valence-corrected chi connectivity index (χ4v) is 1.55. The number of pyridine rings is 1. The molecule has 2 N–H and O–H groups in total. The zero-order valence-corrected chi connectivity index (χ0v) is 9.68. The Kier molecular flexibility index (Phi) is 3.23. The van der Waals surface area contributed by atoms with E-state index in [0.717, 1.165) is 5.56 Å². The number of benzene rings is 1. The van der Waals surface area contributed by atoms with Crippen molar-refractivity contribution in [3.63, 3.8) is 0 Å². The first-order valence-corrected chi connectivity index (χ1v) is 5.21. The van der Waals surface area contributed by atoms with Crippen molar-refractivity contribution in [3.8, 4) is 11.1 Å². The van der Waals surface area contributed by atoms with Gasteiger partial charge in [-0.3, -0.25) is 0 Å². The van der Waals surface area contributed by atoms with Gasteiger partial charge < -0.3 is 10.5 Å². The summed E-state index contributed by atoms with van der Waals surface area (Å²) < 4.78 is 18.0. The molecular formula is C13H11FN2O2. The SMILES string of the molecule is COC(=O)c1cc(-c2ccc(N)nc2)ccc1F. The third-order valence-corrected chi connectivity index (χ3v) is 2.49. The number of aromatic nitrogens is 1. The van der Waals surface area contributed by atoms with Gasteiger partial charge in [-0.1, -0.05) is 6.07 Å². The highest BCUT2D eigenvalue weighted by Gasteiger charge is 2.13. The molecule has 0 aliphatic rings. The zero-order valence-electron chi connectivity index (χ0n) is 9.68. The highest BCUT2D eigenvalue weighted by molar-refractivity contribution is 5.91. The summed E-state index contributed by atoms with van der Waals surface area (Å²) >= 11 is 0. The molecule has 0 fully saturated rings. The van der Waals surface area contributed by atoms with Crippen LogP contribution in [0.5, 0.6) is 0 Å². The molecule has 92 valence electrons. The van der Waals surface area contributed by atoms with Crippen LogP contribution in [0.15, 0.2) is 36.5 Å². The molecule has 2 rings (SSSR count). The Morgan fingerprint density at radius 2 is 2.00 bits per heavy atom. The highest BCUT2D eigenvalue weighted by atomic mass is 19.1. The Morgan fingerprint density at radius 1 is 1.28 bits per heavy atom. The number of ether oxygens (including phenoxy) is 1. The van der Waals surface area contributed by atoms with Gasteiger partial charge in [-0.05, 0) is 29.8 Å². The molecule has 0 atom stereocenters. The van der Waals surface area contributed by atoms with Crippen LogP contribution in [-0.4, -0.2) is 18.1 Å². The minimum Gasteiger partial charge on any atom is -0.465 e. The van der Waals surface area contributed by atoms with E-state index in [-0.39, 0.29) is 5.56 Å². The number of carbonyl (C=O) groups excluding carboxylic acids is 1. The summed E-state index contributed by atoms with van der Waals surface area (Å²) in [6.45, 7) is 0. The average molecular weight is 246 g/mol. The number of rotatable bonds is 2. The second kappa shape index (κ2) is 4.83. The van der Waals surface area contributed by atoms with Gasteiger partial charge in [-0.15, -0.1) is 0 Å². The molecular weight excluding hydrogens is 235 g/mol. The number of carbonyl (C=O) groups is 1. The number of halogens is 1. The monoisotopic (exact) mass is 246 g/mol. The van der Waals surface area contributed by atoms with Crippen LogP contribution >= 0.6 is 0 Å². The molecule has 0 bridgehead atoms. The molecule has 0 amide bonds. The van der Waals surface area contributed by atoms with Crippen LogP contribution in [0.2, 0.25) is 0 Å². The average Bonchev–Trinajstić information content (AvgIpc) is 2.39. The number of hydrogen-bond donors (Lipinski definition) is 1. The molecule has 18 heavy (non-hydrogen) atoms. The van der Waals surface area contributed by atoms with Crippen molar-refractivity contribution in [2.45, 2.75) is 0 Å². The van der Waals surface area contributed by atoms with Crippen LogP contribution in [-0.2, 0) is 4.74 Å². The van der Waals surface area contributed by atoms with E-state index in [1.54, 1.807) is 24.4 Å². The van der Waals surface area contributed by atoms with E-state index in [0.29, 0.717) is 11.4 Å². The van der Waals surface area contributed by atoms with Crippen LogP contribution in [0, 0.1) is 5.82 Å². The molecule has 2 aromatic rings. The van der Waals surface area contributed by atoms with Gasteiger partial charge >= 0.3 is 5.97 Å². The van der Waals surface area contributed by atoms with Crippen LogP contribution in [0.3, 0.4) is 0 Å². The number of esters is 1. The Hall–Kier alpha value is -2.43. The lowest BCUT2D eigenvalue weighted by molar-refractivity contribution is 0.0595. The predicted octanol–water partition coefficient (Wildman–Crippen LogP) is 2.26. The maximum atomic E-state index is 13.5. The van der Waals surface area contributed by atoms with Crippen LogP contribution in [0.1, 0.15) is 10.4 Å². The third kappa shape index (κ3) is 2.29. The molecule has 0 spiro atoms. The minimum atomic E-state index is -0.710. The van der Waals surface area contributed by atoms with E-state index in [2.05, 4.69) is 9.72 Å². The van der Waals surface area contributed by atoms with E-state index >= 15 is 0 Å². The highest BCUT2D eigenvalue weighted by Crippen LogP contribution is 2.22. The summed E-state index contributed by atoms with van der Waals surface area (Å²) in [6, 6.07) is 7.59. The summed E-state index contributed by atoms with van der Waals surface area (Å²) in [4.78, 5) is 15.3. The van der Waals surface area contributed by atoms with Crippen molar-refractivity contribution < 1.29 is 13.9 Å². The van der Waals surface area contributed by atoms with Crippen molar-refractivity contribution in [1.82, 2.24) is 4.98 Å². The van der Waals surface area contributed by atoms with E-state index in [9.17, 15) is 9.18 Å². The van der Waals surface area contributed by atoms with Gasteiger partial charge in [0.2, 0.25) is 0 Å². The first-order valence-electron chi connectivity index (χ1n) is 5.21. The summed E-state index contributed by atoms with van der Waals surface area (Å²) in [7, 11) is 1.21. The van der Waals surface area contributed by atoms with Crippen LogP contribution in [0.4, 0.5) is 10.2 Å². The maximum Gasteiger partial charge on any atom is 0.340 e. The number of hydrogen-bond acceptors (Lipinski definition) is 4. The second-order valence-corrected chi connectivity index (χ2v) is 3.66. The van der Waals surface area contributed by atoms with Gasteiger partial charge in [0.05, 0.1) is 12.7 Å². The number of nitrogens with two attached hydrogens (primary N) is 1. The Labute approximate surface area is 103 Å². The molecule has 5 heteroatoms. The van der Waals surface area contributed by atoms with Crippen molar-refractivity contribution in [2.24, 2.45) is 0 Å². The molecule has 0 saturated heterocycles. The fourth-order valence-electron chi connectivity index (χ4n) is 1.55. The lowest BCUT2D eigenvalue weighted by atomic mass is 10.0. The lowest BCUT2D eigenvalue weighted by Gasteiger charge is -2.05. The van der Waals surface area contributed by atoms with Crippen molar-refractivity contribution in [3.05, 3.63) is 47.9 Å². The fraction of sp³-hybridized carbons (Fsp3) is 0.0769. The first kappa shape index (κ1) is 12.0. The van der Waals surface area contributed by atoms with Crippen molar-refractivity contribution in [1.29, 1.82) is 0 Å². The molecule has 0 aliphatic heterocycles. The molecule has 1 aromatic carbocycles. The number of methoxy groups -OCH3 is 1. The topological polar surface area (TPSA) is 65.2 Å². The third-order valence-electron chi connectivity index (χ3n) is 2.49. The van der Waals surface area contributed by atoms with E-state index in [1.165, 1.54) is 19.2 Å². The second-order valence-electron chi connectivity index (χ2n) is 3.66. The van der Waals surface area contributed by atoms with Gasteiger partial charge in [0.25, 0.3) is 0 Å². The standard InChI is InChI=1S/C13H11FN2O2/c1-18-13(17)10-6-8(2-4-11(10)14)9-3-5-12(15)16-7-9/h2-7H,1H3,(H2,15,16). The number of nitrogens with zero attached hydrogens (tertiary/aromatic N) is 1. The zero-order chi connectivity index (χ0) is 13.1. The molecule has 0 saturated carbocycles. The number of nitrogen functional groups attached to an aromatic ring is 1. The summed E-state index contributed by atoms with van der Waals surface area (Å²) in [6.07, 6.45) is 1.56. The predicted molar refractivity (Wildman–Crippen MR) is 65.4 cm³/mol. The summed E-state index contributed by atoms with van der Waals surface area (Å²) in [5, 5.41) is 0. The Morgan fingerprint density at radius 3 is 2.61 bits per heavy atom. The molecule has 0 aliphatic carbocycles. The first-order chi connectivity index (χ1) is 8.61. The summed E-state index contributed by atoms with van der Waals surface area (Å²) in [5.74, 6) is -0.930. The molecule has 0 unspecified atom stereocenters. The molecule has 4 nitrogen and oxygen atoms in total. The minimum absolute atomic E-state index is 0.105. The number of anilines is 1. The largest absolute Gasteiger partial charge is 0.465 e. The van der Waals surface area contributed by atoms with Crippen molar-refractivity contribution in [2.75, 3.05) is 12.8 Å². The Bertz CT molecular complexity index is 582. The van der Waals surface area contributed by atoms with Gasteiger partial charge in [-0.25, -0.2) is 14.2 Å².